The van der Waals surface area contributed by atoms with Gasteiger partial charge in [0.1, 0.15) is 11.1 Å². The fourth-order valence-electron chi connectivity index (χ4n) is 2.90. The second-order valence-corrected chi connectivity index (χ2v) is 6.86. The number of amides is 2. The highest BCUT2D eigenvalue weighted by Crippen LogP contribution is 2.41. The number of carboxylic acids is 1. The molecule has 3 rings (SSSR count). The molecule has 8 heteroatoms. The number of nitrogens with two attached hydrogens (primary N) is 1. The molecule has 2 aliphatic rings. The molecular weight excluding hydrogens is 330 g/mol. The molecule has 2 heterocycles. The second kappa shape index (κ2) is 6.29. The molecule has 1 fully saturated rings. The first-order chi connectivity index (χ1) is 11.4. The minimum atomic E-state index is -1.14. The molecule has 0 saturated carbocycles. The van der Waals surface area contributed by atoms with Crippen LogP contribution in [-0.2, 0) is 20.8 Å². The SMILES string of the molecule is CC1=C(C(=O)O)N2C(=O)C(N(N)C(=O)Cc3ccccc3)C2SC1. The Hall–Kier alpha value is -2.32. The Kier molecular flexibility index (Phi) is 4.33. The van der Waals surface area contributed by atoms with Crippen LogP contribution >= 0.6 is 11.8 Å². The van der Waals surface area contributed by atoms with Gasteiger partial charge >= 0.3 is 5.97 Å². The number of aliphatic carboxylic acids is 1. The minimum Gasteiger partial charge on any atom is -0.477 e. The molecule has 0 radical (unpaired) electrons. The summed E-state index contributed by atoms with van der Waals surface area (Å²) in [5.74, 6) is 4.42. The molecule has 3 N–H and O–H groups in total. The van der Waals surface area contributed by atoms with E-state index in [1.807, 2.05) is 30.3 Å². The van der Waals surface area contributed by atoms with Gasteiger partial charge in [-0.05, 0) is 18.1 Å². The van der Waals surface area contributed by atoms with Gasteiger partial charge in [-0.25, -0.2) is 10.6 Å². The molecule has 0 aromatic heterocycles. The Morgan fingerprint density at radius 3 is 2.67 bits per heavy atom. The van der Waals surface area contributed by atoms with Gasteiger partial charge in [0.15, 0.2) is 6.04 Å². The summed E-state index contributed by atoms with van der Waals surface area (Å²) in [6.45, 7) is 1.69. The lowest BCUT2D eigenvalue weighted by atomic mass is 10.0. The summed E-state index contributed by atoms with van der Waals surface area (Å²) < 4.78 is 0. The first kappa shape index (κ1) is 16.5. The van der Waals surface area contributed by atoms with E-state index in [2.05, 4.69) is 0 Å². The third-order valence-corrected chi connectivity index (χ3v) is 5.53. The molecule has 0 bridgehead atoms. The van der Waals surface area contributed by atoms with Gasteiger partial charge in [0.2, 0.25) is 5.91 Å². The molecule has 24 heavy (non-hydrogen) atoms. The Balaban J connectivity index is 1.74. The number of benzene rings is 1. The Bertz CT molecular complexity index is 734. The van der Waals surface area contributed by atoms with Gasteiger partial charge in [0.25, 0.3) is 5.91 Å². The summed E-state index contributed by atoms with van der Waals surface area (Å²) in [7, 11) is 0. The van der Waals surface area contributed by atoms with Crippen LogP contribution in [0.25, 0.3) is 0 Å². The molecule has 2 unspecified atom stereocenters. The van der Waals surface area contributed by atoms with E-state index in [1.165, 1.54) is 16.7 Å². The number of thioether (sulfide) groups is 1. The fourth-order valence-corrected chi connectivity index (χ4v) is 4.24. The molecule has 7 nitrogen and oxygen atoms in total. The number of nitrogens with zero attached hydrogens (tertiary/aromatic N) is 2. The quantitative estimate of drug-likeness (QED) is 0.357. The van der Waals surface area contributed by atoms with Gasteiger partial charge < -0.3 is 5.11 Å². The van der Waals surface area contributed by atoms with Crippen LogP contribution in [0.1, 0.15) is 12.5 Å². The van der Waals surface area contributed by atoms with E-state index in [1.54, 1.807) is 6.92 Å². The van der Waals surface area contributed by atoms with Crippen molar-refractivity contribution in [1.29, 1.82) is 0 Å². The number of β-lactam (4-membered cyclic amide) rings is 1. The molecule has 0 aliphatic carbocycles. The van der Waals surface area contributed by atoms with Gasteiger partial charge in [-0.1, -0.05) is 30.3 Å². The van der Waals surface area contributed by atoms with Crippen molar-refractivity contribution in [3.63, 3.8) is 0 Å². The van der Waals surface area contributed by atoms with E-state index in [-0.39, 0.29) is 18.0 Å². The average Bonchev–Trinajstić information content (AvgIpc) is 2.55. The van der Waals surface area contributed by atoms with E-state index >= 15 is 0 Å². The highest BCUT2D eigenvalue weighted by molar-refractivity contribution is 8.00. The lowest BCUT2D eigenvalue weighted by molar-refractivity contribution is -0.160. The van der Waals surface area contributed by atoms with Crippen molar-refractivity contribution in [1.82, 2.24) is 9.91 Å². The third-order valence-electron chi connectivity index (χ3n) is 4.12. The van der Waals surface area contributed by atoms with E-state index in [9.17, 15) is 19.5 Å². The molecule has 2 amide bonds. The largest absolute Gasteiger partial charge is 0.477 e. The number of carbonyl (C=O) groups is 3. The van der Waals surface area contributed by atoms with Crippen molar-refractivity contribution in [2.75, 3.05) is 5.75 Å². The molecule has 1 aromatic rings. The number of fused-ring (bicyclic) bond motifs is 1. The summed E-state index contributed by atoms with van der Waals surface area (Å²) in [6, 6.07) is 8.29. The minimum absolute atomic E-state index is 0.00362. The van der Waals surface area contributed by atoms with Gasteiger partial charge in [-0.2, -0.15) is 0 Å². The highest BCUT2D eigenvalue weighted by Gasteiger charge is 2.56. The van der Waals surface area contributed by atoms with E-state index in [0.717, 1.165) is 10.6 Å². The lowest BCUT2D eigenvalue weighted by Gasteiger charge is -2.51. The number of hydrogen-bond donors (Lipinski definition) is 2. The fraction of sp³-hybridized carbons (Fsp3) is 0.312. The van der Waals surface area contributed by atoms with Gasteiger partial charge in [0, 0.05) is 5.75 Å². The standard InChI is InChI=1S/C16H17N3O4S/c1-9-8-24-15-13(14(21)18(15)12(9)16(22)23)19(17)11(20)7-10-5-3-2-4-6-10/h2-6,13,15H,7-8,17H2,1H3,(H,22,23). The monoisotopic (exact) mass is 347 g/mol. The van der Waals surface area contributed by atoms with Crippen LogP contribution in [0.2, 0.25) is 0 Å². The van der Waals surface area contributed by atoms with Crippen LogP contribution in [0.3, 0.4) is 0 Å². The second-order valence-electron chi connectivity index (χ2n) is 5.75. The number of carbonyl (C=O) groups excluding carboxylic acids is 2. The van der Waals surface area contributed by atoms with Gasteiger partial charge in [-0.3, -0.25) is 19.5 Å². The zero-order valence-electron chi connectivity index (χ0n) is 13.0. The number of hydrogen-bond acceptors (Lipinski definition) is 5. The first-order valence-corrected chi connectivity index (χ1v) is 8.45. The number of hydrazine groups is 1. The average molecular weight is 347 g/mol. The van der Waals surface area contributed by atoms with E-state index < -0.39 is 23.3 Å². The maximum absolute atomic E-state index is 12.4. The first-order valence-electron chi connectivity index (χ1n) is 7.40. The maximum atomic E-state index is 12.4. The predicted octanol–water partition coefficient (Wildman–Crippen LogP) is 0.574. The van der Waals surface area contributed by atoms with Crippen molar-refractivity contribution < 1.29 is 19.5 Å². The molecule has 1 aromatic carbocycles. The zero-order chi connectivity index (χ0) is 17.4. The van der Waals surface area contributed by atoms with Crippen LogP contribution in [-0.4, -0.2) is 50.0 Å². The molecule has 1 saturated heterocycles. The van der Waals surface area contributed by atoms with Crippen LogP contribution in [0.5, 0.6) is 0 Å². The Labute approximate surface area is 143 Å². The summed E-state index contributed by atoms with van der Waals surface area (Å²) in [4.78, 5) is 37.3. The Morgan fingerprint density at radius 2 is 2.04 bits per heavy atom. The van der Waals surface area contributed by atoms with Gasteiger partial charge in [-0.15, -0.1) is 11.8 Å². The van der Waals surface area contributed by atoms with Crippen molar-refractivity contribution in [2.45, 2.75) is 24.8 Å². The van der Waals surface area contributed by atoms with Crippen molar-refractivity contribution >= 4 is 29.5 Å². The summed E-state index contributed by atoms with van der Waals surface area (Å²) >= 11 is 1.42. The molecule has 0 spiro atoms. The number of rotatable bonds is 4. The summed E-state index contributed by atoms with van der Waals surface area (Å²) in [6.07, 6.45) is 0.0964. The topological polar surface area (TPSA) is 104 Å². The smallest absolute Gasteiger partial charge is 0.352 e. The highest BCUT2D eigenvalue weighted by atomic mass is 32.2. The molecule has 2 atom stereocenters. The maximum Gasteiger partial charge on any atom is 0.352 e. The van der Waals surface area contributed by atoms with Crippen molar-refractivity contribution in [3.8, 4) is 0 Å². The normalized spacial score (nSPS) is 22.8. The van der Waals surface area contributed by atoms with Crippen LogP contribution in [0.15, 0.2) is 41.6 Å². The van der Waals surface area contributed by atoms with E-state index in [4.69, 9.17) is 5.84 Å². The Morgan fingerprint density at radius 1 is 1.38 bits per heavy atom. The lowest BCUT2D eigenvalue weighted by Crippen LogP contribution is -2.72. The molecule has 2 aliphatic heterocycles. The van der Waals surface area contributed by atoms with Crippen LogP contribution < -0.4 is 5.84 Å². The third kappa shape index (κ3) is 2.67. The predicted molar refractivity (Wildman–Crippen MR) is 88.4 cm³/mol. The summed E-state index contributed by atoms with van der Waals surface area (Å²) in [5, 5.41) is 9.81. The number of carboxylic acid groups (broad SMARTS) is 1. The summed E-state index contributed by atoms with van der Waals surface area (Å²) in [5.41, 5.74) is 1.44. The van der Waals surface area contributed by atoms with E-state index in [0.29, 0.717) is 11.3 Å². The molecule has 126 valence electrons. The molecular formula is C16H17N3O4S. The zero-order valence-corrected chi connectivity index (χ0v) is 13.8. The van der Waals surface area contributed by atoms with Crippen LogP contribution in [0.4, 0.5) is 0 Å². The van der Waals surface area contributed by atoms with Crippen molar-refractivity contribution in [2.24, 2.45) is 5.84 Å². The van der Waals surface area contributed by atoms with Gasteiger partial charge in [0.05, 0.1) is 6.42 Å². The van der Waals surface area contributed by atoms with Crippen LogP contribution in [0, 0.1) is 0 Å². The van der Waals surface area contributed by atoms with Crippen molar-refractivity contribution in [3.05, 3.63) is 47.2 Å².